The molecular formula is C18H21FN2O3S. The Hall–Kier alpha value is -2.41. The Morgan fingerprint density at radius 3 is 2.24 bits per heavy atom. The molecule has 0 bridgehead atoms. The number of nitrogens with zero attached hydrogens (tertiary/aromatic N) is 1. The predicted octanol–water partition coefficient (Wildman–Crippen LogP) is 2.86. The van der Waals surface area contributed by atoms with Crippen LogP contribution in [0.15, 0.2) is 54.6 Å². The van der Waals surface area contributed by atoms with Gasteiger partial charge in [0.05, 0.1) is 18.0 Å². The maximum Gasteiger partial charge on any atom is 0.241 e. The molecule has 2 aromatic rings. The highest BCUT2D eigenvalue weighted by molar-refractivity contribution is 7.92. The van der Waals surface area contributed by atoms with E-state index < -0.39 is 21.7 Å². The molecule has 2 rings (SSSR count). The molecule has 1 N–H and O–H groups in total. The van der Waals surface area contributed by atoms with E-state index in [-0.39, 0.29) is 18.3 Å². The lowest BCUT2D eigenvalue weighted by molar-refractivity contribution is -0.120. The van der Waals surface area contributed by atoms with Gasteiger partial charge in [-0.05, 0) is 36.2 Å². The van der Waals surface area contributed by atoms with Gasteiger partial charge >= 0.3 is 0 Å². The van der Waals surface area contributed by atoms with Gasteiger partial charge < -0.3 is 5.32 Å². The number of rotatable bonds is 7. The van der Waals surface area contributed by atoms with Crippen molar-refractivity contribution in [2.75, 3.05) is 17.1 Å². The predicted molar refractivity (Wildman–Crippen MR) is 96.2 cm³/mol. The van der Waals surface area contributed by atoms with Crippen molar-refractivity contribution in [3.05, 3.63) is 66.0 Å². The number of hydrogen-bond acceptors (Lipinski definition) is 3. The van der Waals surface area contributed by atoms with E-state index in [1.54, 1.807) is 0 Å². The third kappa shape index (κ3) is 5.29. The van der Waals surface area contributed by atoms with Crippen LogP contribution in [0.4, 0.5) is 10.1 Å². The lowest BCUT2D eigenvalue weighted by atomic mass is 10.0. The summed E-state index contributed by atoms with van der Waals surface area (Å²) in [5.74, 6) is -0.901. The first-order valence-corrected chi connectivity index (χ1v) is 9.73. The highest BCUT2D eigenvalue weighted by Crippen LogP contribution is 2.19. The molecule has 0 saturated carbocycles. The number of carbonyl (C=O) groups excluding carboxylic acids is 1. The first-order chi connectivity index (χ1) is 11.8. The number of anilines is 1. The SMILES string of the molecule is CC[C@@H](NC(=O)CN(c1ccc(F)cc1)S(C)(=O)=O)c1ccccc1. The van der Waals surface area contributed by atoms with Crippen molar-refractivity contribution in [2.45, 2.75) is 19.4 Å². The lowest BCUT2D eigenvalue weighted by Crippen LogP contribution is -2.41. The Labute approximate surface area is 147 Å². The zero-order valence-electron chi connectivity index (χ0n) is 14.1. The van der Waals surface area contributed by atoms with Gasteiger partial charge in [-0.3, -0.25) is 9.10 Å². The van der Waals surface area contributed by atoms with Crippen LogP contribution in [-0.4, -0.2) is 27.1 Å². The van der Waals surface area contributed by atoms with Crippen molar-refractivity contribution < 1.29 is 17.6 Å². The van der Waals surface area contributed by atoms with Gasteiger partial charge in [0.1, 0.15) is 12.4 Å². The second kappa shape index (κ2) is 8.11. The summed E-state index contributed by atoms with van der Waals surface area (Å²) < 4.78 is 38.1. The van der Waals surface area contributed by atoms with E-state index in [1.165, 1.54) is 12.1 Å². The fourth-order valence-electron chi connectivity index (χ4n) is 2.48. The van der Waals surface area contributed by atoms with Crippen LogP contribution >= 0.6 is 0 Å². The minimum absolute atomic E-state index is 0.205. The molecule has 1 atom stereocenters. The molecular weight excluding hydrogens is 343 g/mol. The summed E-state index contributed by atoms with van der Waals surface area (Å²) in [6.07, 6.45) is 1.68. The van der Waals surface area contributed by atoms with Gasteiger partial charge in [0, 0.05) is 0 Å². The fourth-order valence-corrected chi connectivity index (χ4v) is 3.34. The Kier molecular flexibility index (Phi) is 6.14. The van der Waals surface area contributed by atoms with E-state index >= 15 is 0 Å². The summed E-state index contributed by atoms with van der Waals surface area (Å²) in [6.45, 7) is 1.57. The molecule has 25 heavy (non-hydrogen) atoms. The van der Waals surface area contributed by atoms with Crippen LogP contribution in [0.2, 0.25) is 0 Å². The van der Waals surface area contributed by atoms with Crippen molar-refractivity contribution in [3.8, 4) is 0 Å². The second-order valence-corrected chi connectivity index (χ2v) is 7.59. The molecule has 7 heteroatoms. The monoisotopic (exact) mass is 364 g/mol. The van der Waals surface area contributed by atoms with E-state index in [9.17, 15) is 17.6 Å². The van der Waals surface area contributed by atoms with Gasteiger partial charge in [0.25, 0.3) is 0 Å². The van der Waals surface area contributed by atoms with Gasteiger partial charge in [0.15, 0.2) is 0 Å². The third-order valence-electron chi connectivity index (χ3n) is 3.75. The molecule has 2 aromatic carbocycles. The average molecular weight is 364 g/mol. The summed E-state index contributed by atoms with van der Waals surface area (Å²) in [5, 5.41) is 2.85. The van der Waals surface area contributed by atoms with Crippen LogP contribution in [0.5, 0.6) is 0 Å². The number of carbonyl (C=O) groups is 1. The first-order valence-electron chi connectivity index (χ1n) is 7.89. The molecule has 0 saturated heterocycles. The van der Waals surface area contributed by atoms with Crippen LogP contribution in [-0.2, 0) is 14.8 Å². The average Bonchev–Trinajstić information content (AvgIpc) is 2.58. The highest BCUT2D eigenvalue weighted by Gasteiger charge is 2.22. The Bertz CT molecular complexity index is 808. The van der Waals surface area contributed by atoms with E-state index in [0.717, 1.165) is 28.3 Å². The summed E-state index contributed by atoms with van der Waals surface area (Å²) in [7, 11) is -3.68. The maximum absolute atomic E-state index is 13.1. The molecule has 0 heterocycles. The van der Waals surface area contributed by atoms with Gasteiger partial charge in [-0.25, -0.2) is 12.8 Å². The quantitative estimate of drug-likeness (QED) is 0.821. The molecule has 0 aliphatic rings. The van der Waals surface area contributed by atoms with E-state index in [1.807, 2.05) is 37.3 Å². The van der Waals surface area contributed by atoms with Crippen molar-refractivity contribution in [1.82, 2.24) is 5.32 Å². The van der Waals surface area contributed by atoms with Crippen molar-refractivity contribution in [1.29, 1.82) is 0 Å². The van der Waals surface area contributed by atoms with Crippen LogP contribution in [0.3, 0.4) is 0 Å². The zero-order chi connectivity index (χ0) is 18.4. The fraction of sp³-hybridized carbons (Fsp3) is 0.278. The number of benzene rings is 2. The molecule has 0 radical (unpaired) electrons. The van der Waals surface area contributed by atoms with Gasteiger partial charge in [-0.2, -0.15) is 0 Å². The number of nitrogens with one attached hydrogen (secondary N) is 1. The van der Waals surface area contributed by atoms with Crippen LogP contribution < -0.4 is 9.62 Å². The molecule has 0 aromatic heterocycles. The Balaban J connectivity index is 2.15. The Morgan fingerprint density at radius 1 is 1.12 bits per heavy atom. The maximum atomic E-state index is 13.1. The summed E-state index contributed by atoms with van der Waals surface area (Å²) >= 11 is 0. The largest absolute Gasteiger partial charge is 0.348 e. The Morgan fingerprint density at radius 2 is 1.72 bits per heavy atom. The van der Waals surface area contributed by atoms with Gasteiger partial charge in [0.2, 0.25) is 15.9 Å². The van der Waals surface area contributed by atoms with Gasteiger partial charge in [-0.1, -0.05) is 37.3 Å². The zero-order valence-corrected chi connectivity index (χ0v) is 15.0. The van der Waals surface area contributed by atoms with Crippen molar-refractivity contribution in [2.24, 2.45) is 0 Å². The normalized spacial score (nSPS) is 12.4. The molecule has 0 aliphatic carbocycles. The minimum atomic E-state index is -3.68. The number of sulfonamides is 1. The highest BCUT2D eigenvalue weighted by atomic mass is 32.2. The van der Waals surface area contributed by atoms with Crippen LogP contribution in [0.25, 0.3) is 0 Å². The van der Waals surface area contributed by atoms with Crippen LogP contribution in [0.1, 0.15) is 24.9 Å². The molecule has 0 spiro atoms. The van der Waals surface area contributed by atoms with E-state index in [2.05, 4.69) is 5.32 Å². The van der Waals surface area contributed by atoms with Crippen molar-refractivity contribution >= 4 is 21.6 Å². The summed E-state index contributed by atoms with van der Waals surface area (Å²) in [5.41, 5.74) is 1.19. The third-order valence-corrected chi connectivity index (χ3v) is 4.89. The number of amides is 1. The topological polar surface area (TPSA) is 66.5 Å². The van der Waals surface area contributed by atoms with Crippen molar-refractivity contribution in [3.63, 3.8) is 0 Å². The molecule has 0 fully saturated rings. The standard InChI is InChI=1S/C18H21FN2O3S/c1-3-17(14-7-5-4-6-8-14)20-18(22)13-21(25(2,23)24)16-11-9-15(19)10-12-16/h4-12,17H,3,13H2,1-2H3,(H,20,22)/t17-/m1/s1. The molecule has 0 aliphatic heterocycles. The first kappa shape index (κ1) is 18.9. The smallest absolute Gasteiger partial charge is 0.241 e. The van der Waals surface area contributed by atoms with Gasteiger partial charge in [-0.15, -0.1) is 0 Å². The van der Waals surface area contributed by atoms with Crippen LogP contribution in [0, 0.1) is 5.82 Å². The van der Waals surface area contributed by atoms with E-state index in [0.29, 0.717) is 6.42 Å². The number of hydrogen-bond donors (Lipinski definition) is 1. The molecule has 5 nitrogen and oxygen atoms in total. The second-order valence-electron chi connectivity index (χ2n) is 5.69. The molecule has 134 valence electrons. The summed E-state index contributed by atoms with van der Waals surface area (Å²) in [4.78, 5) is 12.4. The summed E-state index contributed by atoms with van der Waals surface area (Å²) in [6, 6.07) is 14.2. The molecule has 1 amide bonds. The molecule has 0 unspecified atom stereocenters. The lowest BCUT2D eigenvalue weighted by Gasteiger charge is -2.24. The van der Waals surface area contributed by atoms with E-state index in [4.69, 9.17) is 0 Å². The minimum Gasteiger partial charge on any atom is -0.348 e. The number of halogens is 1.